The zero-order valence-corrected chi connectivity index (χ0v) is 13.3. The molecule has 1 fully saturated rings. The summed E-state index contributed by atoms with van der Waals surface area (Å²) in [5.74, 6) is -0.847. The molecule has 1 aliphatic rings. The molecule has 1 amide bonds. The van der Waals surface area contributed by atoms with Crippen LogP contribution in [0.15, 0.2) is 36.9 Å². The highest BCUT2D eigenvalue weighted by Crippen LogP contribution is 2.23. The number of likely N-dealkylation sites (tertiary alicyclic amines) is 1. The van der Waals surface area contributed by atoms with Crippen LogP contribution in [0.4, 0.5) is 0 Å². The van der Waals surface area contributed by atoms with E-state index >= 15 is 0 Å². The van der Waals surface area contributed by atoms with Crippen molar-refractivity contribution < 1.29 is 14.7 Å². The summed E-state index contributed by atoms with van der Waals surface area (Å²) in [5.41, 5.74) is 1.45. The summed E-state index contributed by atoms with van der Waals surface area (Å²) < 4.78 is 1.63. The first-order valence-electron chi connectivity index (χ1n) is 8.13. The number of amides is 1. The van der Waals surface area contributed by atoms with Crippen molar-refractivity contribution in [1.29, 1.82) is 0 Å². The van der Waals surface area contributed by atoms with Gasteiger partial charge in [0.2, 0.25) is 0 Å². The Morgan fingerprint density at radius 2 is 2.00 bits per heavy atom. The number of hydrogen-bond donors (Lipinski definition) is 1. The molecular weight excluding hydrogens is 308 g/mol. The molecule has 2 heterocycles. The SMILES string of the molecule is O=C(O)CC[C@H]1CCCCN1C(=O)c1ccc(-n2cncn2)cc1. The Balaban J connectivity index is 1.72. The number of carboxylic acids is 1. The van der Waals surface area contributed by atoms with Crippen molar-refractivity contribution in [3.05, 3.63) is 42.5 Å². The van der Waals surface area contributed by atoms with Crippen LogP contribution in [0.25, 0.3) is 5.69 Å². The monoisotopic (exact) mass is 328 g/mol. The van der Waals surface area contributed by atoms with E-state index < -0.39 is 5.97 Å². The van der Waals surface area contributed by atoms with Gasteiger partial charge in [-0.05, 0) is 49.9 Å². The van der Waals surface area contributed by atoms with E-state index in [1.54, 1.807) is 23.1 Å². The Hall–Kier alpha value is -2.70. The lowest BCUT2D eigenvalue weighted by Gasteiger charge is -2.35. The zero-order chi connectivity index (χ0) is 16.9. The van der Waals surface area contributed by atoms with Gasteiger partial charge in [-0.2, -0.15) is 5.10 Å². The minimum absolute atomic E-state index is 0.0114. The average molecular weight is 328 g/mol. The quantitative estimate of drug-likeness (QED) is 0.908. The molecule has 0 unspecified atom stereocenters. The number of rotatable bonds is 5. The van der Waals surface area contributed by atoms with Gasteiger partial charge in [-0.25, -0.2) is 9.67 Å². The van der Waals surface area contributed by atoms with Gasteiger partial charge in [-0.1, -0.05) is 0 Å². The third kappa shape index (κ3) is 3.61. The van der Waals surface area contributed by atoms with E-state index in [0.29, 0.717) is 18.5 Å². The Kier molecular flexibility index (Phi) is 4.88. The lowest BCUT2D eigenvalue weighted by molar-refractivity contribution is -0.137. The van der Waals surface area contributed by atoms with E-state index in [1.165, 1.54) is 6.33 Å². The van der Waals surface area contributed by atoms with Crippen molar-refractivity contribution in [3.8, 4) is 5.69 Å². The highest BCUT2D eigenvalue weighted by atomic mass is 16.4. The van der Waals surface area contributed by atoms with Crippen molar-refractivity contribution >= 4 is 11.9 Å². The van der Waals surface area contributed by atoms with Gasteiger partial charge >= 0.3 is 5.97 Å². The third-order valence-electron chi connectivity index (χ3n) is 4.38. The molecule has 7 heteroatoms. The molecule has 1 aromatic carbocycles. The maximum Gasteiger partial charge on any atom is 0.303 e. The minimum Gasteiger partial charge on any atom is -0.481 e. The van der Waals surface area contributed by atoms with Crippen LogP contribution >= 0.6 is 0 Å². The summed E-state index contributed by atoms with van der Waals surface area (Å²) in [4.78, 5) is 29.4. The fraction of sp³-hybridized carbons (Fsp3) is 0.412. The van der Waals surface area contributed by atoms with Crippen LogP contribution in [-0.2, 0) is 4.79 Å². The minimum atomic E-state index is -0.815. The Morgan fingerprint density at radius 3 is 2.67 bits per heavy atom. The van der Waals surface area contributed by atoms with Crippen LogP contribution in [0.1, 0.15) is 42.5 Å². The number of aromatic nitrogens is 3. The third-order valence-corrected chi connectivity index (χ3v) is 4.38. The smallest absolute Gasteiger partial charge is 0.303 e. The number of aliphatic carboxylic acids is 1. The van der Waals surface area contributed by atoms with Gasteiger partial charge in [0, 0.05) is 24.6 Å². The summed E-state index contributed by atoms with van der Waals surface area (Å²) >= 11 is 0. The molecule has 1 aromatic heterocycles. The first-order valence-corrected chi connectivity index (χ1v) is 8.13. The van der Waals surface area contributed by atoms with E-state index in [2.05, 4.69) is 10.1 Å². The number of nitrogens with zero attached hydrogens (tertiary/aromatic N) is 4. The number of piperidine rings is 1. The van der Waals surface area contributed by atoms with Gasteiger partial charge < -0.3 is 10.0 Å². The van der Waals surface area contributed by atoms with Gasteiger partial charge in [0.15, 0.2) is 0 Å². The zero-order valence-electron chi connectivity index (χ0n) is 13.3. The van der Waals surface area contributed by atoms with Crippen molar-refractivity contribution in [2.45, 2.75) is 38.1 Å². The maximum atomic E-state index is 12.8. The first-order chi connectivity index (χ1) is 11.6. The Labute approximate surface area is 139 Å². The predicted octanol–water partition coefficient (Wildman–Crippen LogP) is 2.13. The summed E-state index contributed by atoms with van der Waals surface area (Å²) in [5, 5.41) is 12.9. The first kappa shape index (κ1) is 16.2. The lowest BCUT2D eigenvalue weighted by Crippen LogP contribution is -2.43. The summed E-state index contributed by atoms with van der Waals surface area (Å²) in [6.07, 6.45) is 6.54. The summed E-state index contributed by atoms with van der Waals surface area (Å²) in [6, 6.07) is 7.23. The largest absolute Gasteiger partial charge is 0.481 e. The molecule has 1 atom stereocenters. The second-order valence-electron chi connectivity index (χ2n) is 5.97. The van der Waals surface area contributed by atoms with E-state index in [9.17, 15) is 9.59 Å². The number of hydrogen-bond acceptors (Lipinski definition) is 4. The molecule has 0 bridgehead atoms. The topological polar surface area (TPSA) is 88.3 Å². The molecule has 1 saturated heterocycles. The number of benzene rings is 1. The van der Waals surface area contributed by atoms with Crippen molar-refractivity contribution in [1.82, 2.24) is 19.7 Å². The van der Waals surface area contributed by atoms with E-state index in [-0.39, 0.29) is 18.4 Å². The molecule has 7 nitrogen and oxygen atoms in total. The number of carbonyl (C=O) groups excluding carboxylic acids is 1. The molecule has 0 aliphatic carbocycles. The van der Waals surface area contributed by atoms with Crippen LogP contribution in [0, 0.1) is 0 Å². The lowest BCUT2D eigenvalue weighted by atomic mass is 9.97. The van der Waals surface area contributed by atoms with Gasteiger partial charge in [-0.15, -0.1) is 0 Å². The Bertz CT molecular complexity index is 697. The molecule has 2 aromatic rings. The van der Waals surface area contributed by atoms with E-state index in [4.69, 9.17) is 5.11 Å². The molecule has 3 rings (SSSR count). The van der Waals surface area contributed by atoms with Crippen LogP contribution in [0.5, 0.6) is 0 Å². The Morgan fingerprint density at radius 1 is 1.21 bits per heavy atom. The predicted molar refractivity (Wildman–Crippen MR) is 86.9 cm³/mol. The molecule has 0 spiro atoms. The number of carboxylic acid groups (broad SMARTS) is 1. The standard InChI is InChI=1S/C17H20N4O3/c22-16(23)9-8-14-3-1-2-10-20(14)17(24)13-4-6-15(7-5-13)21-12-18-11-19-21/h4-7,11-12,14H,1-3,8-10H2,(H,22,23)/t14-/m1/s1. The second-order valence-corrected chi connectivity index (χ2v) is 5.97. The molecular formula is C17H20N4O3. The van der Waals surface area contributed by atoms with Gasteiger partial charge in [-0.3, -0.25) is 9.59 Å². The summed E-state index contributed by atoms with van der Waals surface area (Å²) in [6.45, 7) is 0.688. The van der Waals surface area contributed by atoms with Crippen molar-refractivity contribution in [2.75, 3.05) is 6.54 Å². The maximum absolute atomic E-state index is 12.8. The normalized spacial score (nSPS) is 17.7. The van der Waals surface area contributed by atoms with Gasteiger partial charge in [0.25, 0.3) is 5.91 Å². The average Bonchev–Trinajstić information content (AvgIpc) is 3.14. The van der Waals surface area contributed by atoms with Gasteiger partial charge in [0.1, 0.15) is 12.7 Å². The molecule has 1 N–H and O–H groups in total. The summed E-state index contributed by atoms with van der Waals surface area (Å²) in [7, 11) is 0. The fourth-order valence-corrected chi connectivity index (χ4v) is 3.12. The second kappa shape index (κ2) is 7.25. The highest BCUT2D eigenvalue weighted by molar-refractivity contribution is 5.94. The molecule has 24 heavy (non-hydrogen) atoms. The fourth-order valence-electron chi connectivity index (χ4n) is 3.12. The number of carbonyl (C=O) groups is 2. The van der Waals surface area contributed by atoms with Crippen LogP contribution in [0.2, 0.25) is 0 Å². The molecule has 0 saturated carbocycles. The van der Waals surface area contributed by atoms with Crippen LogP contribution < -0.4 is 0 Å². The highest BCUT2D eigenvalue weighted by Gasteiger charge is 2.27. The van der Waals surface area contributed by atoms with Crippen molar-refractivity contribution in [2.24, 2.45) is 0 Å². The van der Waals surface area contributed by atoms with Crippen LogP contribution in [0.3, 0.4) is 0 Å². The molecule has 0 radical (unpaired) electrons. The molecule has 1 aliphatic heterocycles. The van der Waals surface area contributed by atoms with Crippen molar-refractivity contribution in [3.63, 3.8) is 0 Å². The van der Waals surface area contributed by atoms with E-state index in [1.807, 2.05) is 17.0 Å². The molecule has 126 valence electrons. The van der Waals surface area contributed by atoms with Gasteiger partial charge in [0.05, 0.1) is 5.69 Å². The van der Waals surface area contributed by atoms with E-state index in [0.717, 1.165) is 24.9 Å². The van der Waals surface area contributed by atoms with Crippen LogP contribution in [-0.4, -0.2) is 49.2 Å².